The first-order valence-electron chi connectivity index (χ1n) is 11.2. The number of nitrogens with two attached hydrogens (primary N) is 2. The first kappa shape index (κ1) is 22.5. The Hall–Kier alpha value is -3.65. The molecular weight excluding hydrogens is 418 g/mol. The molecule has 8 nitrogen and oxygen atoms in total. The summed E-state index contributed by atoms with van der Waals surface area (Å²) in [5.74, 6) is 0.998. The number of aliphatic imine (C=N–C) groups is 2. The van der Waals surface area contributed by atoms with E-state index in [0.29, 0.717) is 30.9 Å². The molecule has 0 bridgehead atoms. The molecule has 2 aromatic carbocycles. The number of nitrogens with zero attached hydrogens (tertiary/aromatic N) is 3. The molecular formula is C25H29N5O3. The number of rotatable bonds is 9. The third-order valence-electron chi connectivity index (χ3n) is 5.67. The van der Waals surface area contributed by atoms with E-state index in [2.05, 4.69) is 9.98 Å². The second kappa shape index (κ2) is 10.3. The third kappa shape index (κ3) is 5.59. The number of allylic oxidation sites excluding steroid dienone is 1. The van der Waals surface area contributed by atoms with Crippen LogP contribution in [0.3, 0.4) is 0 Å². The standard InChI is InChI=1S/C25H29N5O3/c26-23-28-24(27)30(25(29-23)14-4-5-15-25)33-17-7-16-32-21-11-6-10-20(18-21)22(31)13-12-19-8-2-1-3-9-19/h1-3,6,8-13,18H,4-5,7,14-17H2,(H4,26,27,28,29)/b13-12+. The first-order chi connectivity index (χ1) is 16.1. The summed E-state index contributed by atoms with van der Waals surface area (Å²) in [6.07, 6.45) is 7.76. The highest BCUT2D eigenvalue weighted by Crippen LogP contribution is 2.38. The predicted molar refractivity (Wildman–Crippen MR) is 129 cm³/mol. The summed E-state index contributed by atoms with van der Waals surface area (Å²) in [5.41, 5.74) is 12.9. The average molecular weight is 448 g/mol. The molecule has 0 radical (unpaired) electrons. The van der Waals surface area contributed by atoms with Crippen molar-refractivity contribution in [3.05, 3.63) is 71.8 Å². The molecule has 1 heterocycles. The Kier molecular flexibility index (Phi) is 7.04. The lowest BCUT2D eigenvalue weighted by molar-refractivity contribution is -0.167. The van der Waals surface area contributed by atoms with Crippen molar-refractivity contribution in [1.82, 2.24) is 5.06 Å². The molecule has 33 heavy (non-hydrogen) atoms. The van der Waals surface area contributed by atoms with Crippen molar-refractivity contribution in [2.75, 3.05) is 13.2 Å². The lowest BCUT2D eigenvalue weighted by Gasteiger charge is -2.39. The Morgan fingerprint density at radius 2 is 1.85 bits per heavy atom. The van der Waals surface area contributed by atoms with Crippen LogP contribution in [0.4, 0.5) is 0 Å². The Labute approximate surface area is 193 Å². The molecule has 1 aliphatic carbocycles. The molecule has 0 saturated heterocycles. The fourth-order valence-corrected chi connectivity index (χ4v) is 4.08. The van der Waals surface area contributed by atoms with Crippen molar-refractivity contribution >= 4 is 23.8 Å². The number of guanidine groups is 2. The number of ether oxygens (including phenoxy) is 1. The van der Waals surface area contributed by atoms with Crippen LogP contribution >= 0.6 is 0 Å². The van der Waals surface area contributed by atoms with E-state index >= 15 is 0 Å². The van der Waals surface area contributed by atoms with E-state index in [0.717, 1.165) is 31.2 Å². The predicted octanol–water partition coefficient (Wildman–Crippen LogP) is 3.50. The molecule has 0 unspecified atom stereocenters. The number of carbonyl (C=O) groups excluding carboxylic acids is 1. The van der Waals surface area contributed by atoms with Crippen LogP contribution in [0.2, 0.25) is 0 Å². The highest BCUT2D eigenvalue weighted by atomic mass is 16.7. The van der Waals surface area contributed by atoms with Crippen LogP contribution in [0.25, 0.3) is 6.08 Å². The molecule has 0 aromatic heterocycles. The van der Waals surface area contributed by atoms with Crippen LogP contribution in [0.15, 0.2) is 70.7 Å². The van der Waals surface area contributed by atoms with Gasteiger partial charge in [-0.3, -0.25) is 9.63 Å². The summed E-state index contributed by atoms with van der Waals surface area (Å²) in [5, 5.41) is 1.61. The molecule has 2 aliphatic rings. The minimum absolute atomic E-state index is 0.0748. The zero-order valence-electron chi connectivity index (χ0n) is 18.5. The van der Waals surface area contributed by atoms with Gasteiger partial charge in [-0.15, -0.1) is 0 Å². The Morgan fingerprint density at radius 1 is 1.06 bits per heavy atom. The van der Waals surface area contributed by atoms with Crippen LogP contribution in [-0.4, -0.2) is 41.6 Å². The number of hydrogen-bond acceptors (Lipinski definition) is 8. The minimum atomic E-state index is -0.543. The van der Waals surface area contributed by atoms with Gasteiger partial charge in [-0.05, 0) is 49.5 Å². The Bertz CT molecular complexity index is 1060. The average Bonchev–Trinajstić information content (AvgIpc) is 3.28. The summed E-state index contributed by atoms with van der Waals surface area (Å²) in [7, 11) is 0. The highest BCUT2D eigenvalue weighted by Gasteiger charge is 2.44. The molecule has 0 amide bonds. The van der Waals surface area contributed by atoms with E-state index in [1.54, 1.807) is 29.3 Å². The lowest BCUT2D eigenvalue weighted by Crippen LogP contribution is -2.55. The summed E-state index contributed by atoms with van der Waals surface area (Å²) >= 11 is 0. The van der Waals surface area contributed by atoms with Gasteiger partial charge in [0.15, 0.2) is 11.4 Å². The maximum atomic E-state index is 12.5. The van der Waals surface area contributed by atoms with Crippen molar-refractivity contribution in [3.8, 4) is 5.75 Å². The lowest BCUT2D eigenvalue weighted by atomic mass is 10.1. The van der Waals surface area contributed by atoms with Gasteiger partial charge in [-0.1, -0.05) is 48.5 Å². The molecule has 1 saturated carbocycles. The van der Waals surface area contributed by atoms with Crippen molar-refractivity contribution in [2.24, 2.45) is 21.5 Å². The van der Waals surface area contributed by atoms with Gasteiger partial charge < -0.3 is 16.2 Å². The molecule has 4 N–H and O–H groups in total. The zero-order chi connectivity index (χ0) is 23.1. The van der Waals surface area contributed by atoms with Crippen molar-refractivity contribution < 1.29 is 14.4 Å². The van der Waals surface area contributed by atoms with E-state index in [1.165, 1.54) is 0 Å². The Morgan fingerprint density at radius 3 is 2.64 bits per heavy atom. The molecule has 2 aromatic rings. The van der Waals surface area contributed by atoms with Crippen molar-refractivity contribution in [1.29, 1.82) is 0 Å². The van der Waals surface area contributed by atoms with Crippen molar-refractivity contribution in [2.45, 2.75) is 37.8 Å². The van der Waals surface area contributed by atoms with E-state index < -0.39 is 5.66 Å². The van der Waals surface area contributed by atoms with Gasteiger partial charge in [0.2, 0.25) is 11.9 Å². The number of carbonyl (C=O) groups is 1. The second-order valence-corrected chi connectivity index (χ2v) is 8.10. The van der Waals surface area contributed by atoms with E-state index in [-0.39, 0.29) is 17.7 Å². The molecule has 1 spiro atoms. The van der Waals surface area contributed by atoms with Gasteiger partial charge in [0.05, 0.1) is 13.2 Å². The van der Waals surface area contributed by atoms with Crippen LogP contribution in [-0.2, 0) is 4.84 Å². The van der Waals surface area contributed by atoms with Crippen molar-refractivity contribution in [3.63, 3.8) is 0 Å². The molecule has 0 atom stereocenters. The van der Waals surface area contributed by atoms with Gasteiger partial charge in [0, 0.05) is 12.0 Å². The van der Waals surface area contributed by atoms with E-state index in [9.17, 15) is 4.79 Å². The minimum Gasteiger partial charge on any atom is -0.493 e. The number of ketones is 1. The van der Waals surface area contributed by atoms with E-state index in [4.69, 9.17) is 21.0 Å². The summed E-state index contributed by atoms with van der Waals surface area (Å²) in [6.45, 7) is 0.826. The zero-order valence-corrected chi connectivity index (χ0v) is 18.5. The topological polar surface area (TPSA) is 116 Å². The monoisotopic (exact) mass is 447 g/mol. The first-order valence-corrected chi connectivity index (χ1v) is 11.2. The summed E-state index contributed by atoms with van der Waals surface area (Å²) < 4.78 is 5.83. The van der Waals surface area contributed by atoms with E-state index in [1.807, 2.05) is 42.5 Å². The van der Waals surface area contributed by atoms with Gasteiger partial charge in [-0.25, -0.2) is 4.99 Å². The fraction of sp³-hybridized carbons (Fsp3) is 0.320. The van der Waals surface area contributed by atoms with Gasteiger partial charge in [-0.2, -0.15) is 10.1 Å². The number of hydrogen-bond donors (Lipinski definition) is 2. The summed E-state index contributed by atoms with van der Waals surface area (Å²) in [4.78, 5) is 27.0. The van der Waals surface area contributed by atoms with Crippen LogP contribution in [0.1, 0.15) is 48.0 Å². The van der Waals surface area contributed by atoms with Crippen LogP contribution in [0.5, 0.6) is 5.75 Å². The molecule has 4 rings (SSSR count). The maximum Gasteiger partial charge on any atom is 0.226 e. The molecule has 8 heteroatoms. The summed E-state index contributed by atoms with van der Waals surface area (Å²) in [6, 6.07) is 16.9. The number of hydroxylamine groups is 2. The SMILES string of the molecule is NC1=NC2(CCCC2)N(OCCCOc2cccc(C(=O)/C=C/c3ccccc3)c2)C(N)=N1. The smallest absolute Gasteiger partial charge is 0.226 e. The van der Waals surface area contributed by atoms with Gasteiger partial charge in [0.25, 0.3) is 0 Å². The Balaban J connectivity index is 1.26. The largest absolute Gasteiger partial charge is 0.493 e. The molecule has 1 fully saturated rings. The maximum absolute atomic E-state index is 12.5. The fourth-order valence-electron chi connectivity index (χ4n) is 4.08. The van der Waals surface area contributed by atoms with Gasteiger partial charge in [0.1, 0.15) is 5.75 Å². The highest BCUT2D eigenvalue weighted by molar-refractivity contribution is 6.07. The normalized spacial score (nSPS) is 17.3. The second-order valence-electron chi connectivity index (χ2n) is 8.10. The third-order valence-corrected chi connectivity index (χ3v) is 5.67. The molecule has 172 valence electrons. The quantitative estimate of drug-likeness (QED) is 0.345. The molecule has 1 aliphatic heterocycles. The van der Waals surface area contributed by atoms with Gasteiger partial charge >= 0.3 is 0 Å². The number of benzene rings is 2. The van der Waals surface area contributed by atoms with Crippen LogP contribution < -0.4 is 16.2 Å². The van der Waals surface area contributed by atoms with Crippen LogP contribution in [0, 0.1) is 0 Å².